The minimum atomic E-state index is -3.60. The van der Waals surface area contributed by atoms with Crippen molar-refractivity contribution in [3.05, 3.63) is 34.7 Å². The van der Waals surface area contributed by atoms with E-state index in [0.29, 0.717) is 29.5 Å². The summed E-state index contributed by atoms with van der Waals surface area (Å²) >= 11 is 7.20. The van der Waals surface area contributed by atoms with Crippen LogP contribution in [0, 0.1) is 5.41 Å². The van der Waals surface area contributed by atoms with Crippen LogP contribution in [0.15, 0.2) is 34.7 Å². The van der Waals surface area contributed by atoms with Gasteiger partial charge in [0.05, 0.1) is 0 Å². The minimum Gasteiger partial charge on any atom is -0.327 e. The molecular formula is C16H21Cl2N3O2S2. The summed E-state index contributed by atoms with van der Waals surface area (Å²) in [6.45, 7) is 4.84. The lowest BCUT2D eigenvalue weighted by molar-refractivity contribution is 0.155. The van der Waals surface area contributed by atoms with Crippen LogP contribution in [0.25, 0.3) is 10.6 Å². The summed E-state index contributed by atoms with van der Waals surface area (Å²) in [5.74, 6) is 0. The van der Waals surface area contributed by atoms with Crippen LogP contribution in [0.3, 0.4) is 0 Å². The SMILES string of the molecule is CC1(C)CN(S(=O)(=O)c2csc(-c3ccc(Cl)cc3)n2)CCC1N.Cl. The summed E-state index contributed by atoms with van der Waals surface area (Å²) in [7, 11) is -3.60. The van der Waals surface area contributed by atoms with E-state index in [9.17, 15) is 8.42 Å². The fraction of sp³-hybridized carbons (Fsp3) is 0.438. The molecule has 0 amide bonds. The molecule has 0 spiro atoms. The van der Waals surface area contributed by atoms with Crippen molar-refractivity contribution in [2.45, 2.75) is 31.3 Å². The Bertz CT molecular complexity index is 835. The van der Waals surface area contributed by atoms with Crippen LogP contribution < -0.4 is 5.73 Å². The van der Waals surface area contributed by atoms with Crippen LogP contribution in [0.2, 0.25) is 5.02 Å². The van der Waals surface area contributed by atoms with Crippen molar-refractivity contribution in [1.29, 1.82) is 0 Å². The van der Waals surface area contributed by atoms with E-state index in [0.717, 1.165) is 5.56 Å². The second-order valence-corrected chi connectivity index (χ2v) is 9.90. The smallest absolute Gasteiger partial charge is 0.261 e. The van der Waals surface area contributed by atoms with E-state index in [1.807, 2.05) is 26.0 Å². The number of nitrogens with two attached hydrogens (primary N) is 1. The van der Waals surface area contributed by atoms with Crippen molar-refractivity contribution >= 4 is 45.4 Å². The molecule has 9 heteroatoms. The third-order valence-electron chi connectivity index (χ3n) is 4.46. The number of nitrogens with zero attached hydrogens (tertiary/aromatic N) is 2. The van der Waals surface area contributed by atoms with Gasteiger partial charge < -0.3 is 5.73 Å². The zero-order valence-electron chi connectivity index (χ0n) is 14.0. The molecule has 138 valence electrons. The molecule has 0 aliphatic carbocycles. The molecule has 1 aliphatic heterocycles. The van der Waals surface area contributed by atoms with Crippen LogP contribution in [-0.4, -0.2) is 36.8 Å². The molecule has 25 heavy (non-hydrogen) atoms. The number of hydrogen-bond donors (Lipinski definition) is 1. The zero-order chi connectivity index (χ0) is 17.5. The number of aromatic nitrogens is 1. The molecule has 1 saturated heterocycles. The molecule has 3 rings (SSSR count). The van der Waals surface area contributed by atoms with Crippen molar-refractivity contribution in [1.82, 2.24) is 9.29 Å². The van der Waals surface area contributed by atoms with Crippen molar-refractivity contribution in [3.8, 4) is 10.6 Å². The van der Waals surface area contributed by atoms with Crippen LogP contribution >= 0.6 is 35.3 Å². The first-order chi connectivity index (χ1) is 11.2. The Morgan fingerprint density at radius 2 is 1.96 bits per heavy atom. The van der Waals surface area contributed by atoms with Gasteiger partial charge in [-0.15, -0.1) is 23.7 Å². The topological polar surface area (TPSA) is 76.3 Å². The molecule has 5 nitrogen and oxygen atoms in total. The second kappa shape index (κ2) is 7.50. The predicted molar refractivity (Wildman–Crippen MR) is 105 cm³/mol. The first-order valence-corrected chi connectivity index (χ1v) is 10.4. The van der Waals surface area contributed by atoms with Crippen molar-refractivity contribution < 1.29 is 8.42 Å². The van der Waals surface area contributed by atoms with E-state index in [1.54, 1.807) is 17.5 Å². The fourth-order valence-corrected chi connectivity index (χ4v) is 5.59. The number of thiazole rings is 1. The molecule has 1 fully saturated rings. The Kier molecular flexibility index (Phi) is 6.18. The lowest BCUT2D eigenvalue weighted by Gasteiger charge is -2.41. The van der Waals surface area contributed by atoms with Gasteiger partial charge in [0.2, 0.25) is 0 Å². The zero-order valence-corrected chi connectivity index (χ0v) is 17.2. The summed E-state index contributed by atoms with van der Waals surface area (Å²) in [6.07, 6.45) is 0.653. The lowest BCUT2D eigenvalue weighted by atomic mass is 9.81. The van der Waals surface area contributed by atoms with Crippen LogP contribution in [0.5, 0.6) is 0 Å². The van der Waals surface area contributed by atoms with Crippen LogP contribution in [0.4, 0.5) is 0 Å². The second-order valence-electron chi connectivity index (χ2n) is 6.72. The standard InChI is InChI=1S/C16H20ClN3O2S2.ClH/c1-16(2)10-20(8-7-13(16)18)24(21,22)14-9-23-15(19-14)11-3-5-12(17)6-4-11;/h3-6,9,13H,7-8,10,18H2,1-2H3;1H. The Morgan fingerprint density at radius 3 is 2.56 bits per heavy atom. The summed E-state index contributed by atoms with van der Waals surface area (Å²) in [6, 6.07) is 7.20. The highest BCUT2D eigenvalue weighted by Crippen LogP contribution is 2.33. The number of halogens is 2. The molecule has 0 saturated carbocycles. The molecule has 0 bridgehead atoms. The molecule has 2 heterocycles. The summed E-state index contributed by atoms with van der Waals surface area (Å²) in [4.78, 5) is 4.34. The van der Waals surface area contributed by atoms with Gasteiger partial charge in [0.25, 0.3) is 10.0 Å². The number of piperidine rings is 1. The van der Waals surface area contributed by atoms with E-state index in [4.69, 9.17) is 17.3 Å². The maximum Gasteiger partial charge on any atom is 0.261 e. The first-order valence-electron chi connectivity index (χ1n) is 7.67. The monoisotopic (exact) mass is 421 g/mol. The highest BCUT2D eigenvalue weighted by molar-refractivity contribution is 7.89. The van der Waals surface area contributed by atoms with Crippen molar-refractivity contribution in [2.75, 3.05) is 13.1 Å². The minimum absolute atomic E-state index is 0. The van der Waals surface area contributed by atoms with Crippen LogP contribution in [0.1, 0.15) is 20.3 Å². The molecule has 1 unspecified atom stereocenters. The third kappa shape index (κ3) is 4.18. The predicted octanol–water partition coefficient (Wildman–Crippen LogP) is 3.63. The number of sulfonamides is 1. The molecule has 0 radical (unpaired) electrons. The van der Waals surface area contributed by atoms with Crippen molar-refractivity contribution in [2.24, 2.45) is 11.1 Å². The van der Waals surface area contributed by atoms with E-state index >= 15 is 0 Å². The van der Waals surface area contributed by atoms with Crippen LogP contribution in [-0.2, 0) is 10.0 Å². The van der Waals surface area contributed by atoms with Gasteiger partial charge in [-0.25, -0.2) is 13.4 Å². The highest BCUT2D eigenvalue weighted by Gasteiger charge is 2.39. The Hall–Kier alpha value is -0.700. The van der Waals surface area contributed by atoms with Gasteiger partial charge in [-0.2, -0.15) is 4.31 Å². The molecule has 1 aromatic carbocycles. The summed E-state index contributed by atoms with van der Waals surface area (Å²) in [5.41, 5.74) is 6.71. The summed E-state index contributed by atoms with van der Waals surface area (Å²) < 4.78 is 27.3. The normalized spacial score (nSPS) is 20.9. The Morgan fingerprint density at radius 1 is 1.32 bits per heavy atom. The van der Waals surface area contributed by atoms with E-state index in [2.05, 4.69) is 4.98 Å². The molecule has 1 aliphatic rings. The molecule has 2 aromatic rings. The quantitative estimate of drug-likeness (QED) is 0.820. The van der Waals surface area contributed by atoms with Gasteiger partial charge in [-0.3, -0.25) is 0 Å². The van der Waals surface area contributed by atoms with Gasteiger partial charge >= 0.3 is 0 Å². The Labute approximate surface area is 163 Å². The van der Waals surface area contributed by atoms with Gasteiger partial charge in [-0.05, 0) is 24.0 Å². The fourth-order valence-electron chi connectivity index (χ4n) is 2.76. The van der Waals surface area contributed by atoms with E-state index < -0.39 is 10.0 Å². The molecule has 2 N–H and O–H groups in total. The highest BCUT2D eigenvalue weighted by atomic mass is 35.5. The maximum absolute atomic E-state index is 12.9. The van der Waals surface area contributed by atoms with E-state index in [-0.39, 0.29) is 28.9 Å². The van der Waals surface area contributed by atoms with Gasteiger partial charge in [-0.1, -0.05) is 37.6 Å². The van der Waals surface area contributed by atoms with Gasteiger partial charge in [0.15, 0.2) is 5.03 Å². The van der Waals surface area contributed by atoms with E-state index in [1.165, 1.54) is 15.6 Å². The number of benzene rings is 1. The van der Waals surface area contributed by atoms with Crippen molar-refractivity contribution in [3.63, 3.8) is 0 Å². The molecule has 1 aromatic heterocycles. The summed E-state index contributed by atoms with van der Waals surface area (Å²) in [5, 5.41) is 3.00. The maximum atomic E-state index is 12.9. The lowest BCUT2D eigenvalue weighted by Crippen LogP contribution is -2.53. The number of hydrogen-bond acceptors (Lipinski definition) is 5. The van der Waals surface area contributed by atoms with Gasteiger partial charge in [0, 0.05) is 35.1 Å². The first kappa shape index (κ1) is 20.6. The average Bonchev–Trinajstić information content (AvgIpc) is 3.01. The average molecular weight is 422 g/mol. The molecule has 1 atom stereocenters. The number of rotatable bonds is 3. The van der Waals surface area contributed by atoms with Gasteiger partial charge in [0.1, 0.15) is 5.01 Å². The largest absolute Gasteiger partial charge is 0.327 e. The third-order valence-corrected chi connectivity index (χ3v) is 7.48. The molecular weight excluding hydrogens is 401 g/mol. The Balaban J connectivity index is 0.00000225.